The monoisotopic (exact) mass is 336 g/mol. The van der Waals surface area contributed by atoms with Gasteiger partial charge in [0.25, 0.3) is 11.8 Å². The van der Waals surface area contributed by atoms with Crippen LogP contribution in [0.2, 0.25) is 0 Å². The van der Waals surface area contributed by atoms with Crippen molar-refractivity contribution in [2.45, 2.75) is 26.4 Å². The minimum atomic E-state index is -0.431. The molecule has 0 unspecified atom stereocenters. The summed E-state index contributed by atoms with van der Waals surface area (Å²) < 4.78 is 5.92. The molecule has 1 aliphatic rings. The van der Waals surface area contributed by atoms with Crippen molar-refractivity contribution in [2.75, 3.05) is 5.01 Å². The van der Waals surface area contributed by atoms with Gasteiger partial charge >= 0.3 is 0 Å². The van der Waals surface area contributed by atoms with Crippen molar-refractivity contribution < 1.29 is 14.3 Å². The summed E-state index contributed by atoms with van der Waals surface area (Å²) in [6.07, 6.45) is 1.57. The maximum Gasteiger partial charge on any atom is 0.282 e. The Bertz CT molecular complexity index is 836. The van der Waals surface area contributed by atoms with Crippen molar-refractivity contribution in [1.29, 1.82) is 0 Å². The molecule has 128 valence electrons. The Morgan fingerprint density at radius 2 is 1.60 bits per heavy atom. The summed E-state index contributed by atoms with van der Waals surface area (Å²) in [5.41, 5.74) is 3.59. The number of rotatable bonds is 3. The van der Waals surface area contributed by atoms with Crippen LogP contribution < -0.4 is 15.2 Å². The number of hydrogen-bond acceptors (Lipinski definition) is 3. The highest BCUT2D eigenvalue weighted by molar-refractivity contribution is 6.31. The number of nitrogens with zero attached hydrogens (tertiary/aromatic N) is 1. The number of ether oxygens (including phenoxy) is 1. The molecule has 3 rings (SSSR count). The van der Waals surface area contributed by atoms with Gasteiger partial charge in [-0.05, 0) is 45.0 Å². The molecule has 1 fully saturated rings. The van der Waals surface area contributed by atoms with E-state index < -0.39 is 5.91 Å². The normalized spacial score (nSPS) is 16.3. The third-order valence-corrected chi connectivity index (χ3v) is 3.54. The fourth-order valence-corrected chi connectivity index (χ4v) is 2.49. The van der Waals surface area contributed by atoms with Crippen molar-refractivity contribution >= 4 is 23.6 Å². The number of nitrogens with one attached hydrogen (secondary N) is 1. The van der Waals surface area contributed by atoms with Crippen LogP contribution in [0.4, 0.5) is 5.69 Å². The van der Waals surface area contributed by atoms with Crippen molar-refractivity contribution in [2.24, 2.45) is 0 Å². The van der Waals surface area contributed by atoms with Crippen LogP contribution >= 0.6 is 0 Å². The molecule has 0 spiro atoms. The third-order valence-electron chi connectivity index (χ3n) is 3.54. The van der Waals surface area contributed by atoms with Gasteiger partial charge in [0, 0.05) is 5.56 Å². The third kappa shape index (κ3) is 3.71. The van der Waals surface area contributed by atoms with E-state index in [1.807, 2.05) is 63.2 Å². The number of hydrogen-bond donors (Lipinski definition) is 1. The van der Waals surface area contributed by atoms with Gasteiger partial charge in [-0.1, -0.05) is 36.4 Å². The van der Waals surface area contributed by atoms with Gasteiger partial charge in [-0.15, -0.1) is 0 Å². The molecular weight excluding hydrogens is 316 g/mol. The average Bonchev–Trinajstić information content (AvgIpc) is 2.84. The van der Waals surface area contributed by atoms with Crippen LogP contribution in [0.3, 0.4) is 0 Å². The number of carbonyl (C=O) groups is 2. The Kier molecular flexibility index (Phi) is 4.31. The Morgan fingerprint density at radius 1 is 0.960 bits per heavy atom. The summed E-state index contributed by atoms with van der Waals surface area (Å²) in [6, 6.07) is 16.3. The standard InChI is InChI=1S/C20H20N2O3/c1-20(2,3)25-17-12-8-7-9-14(17)13-16-18(23)21-22(19(16)24)15-10-5-4-6-11-15/h4-13H,1-3H3,(H,21,23)/b16-13-. The predicted octanol–water partition coefficient (Wildman–Crippen LogP) is 3.33. The number of carbonyl (C=O) groups excluding carboxylic acids is 2. The molecule has 0 atom stereocenters. The Hall–Kier alpha value is -3.08. The molecule has 0 radical (unpaired) electrons. The van der Waals surface area contributed by atoms with E-state index in [1.165, 1.54) is 5.01 Å². The Labute approximate surface area is 146 Å². The van der Waals surface area contributed by atoms with Gasteiger partial charge < -0.3 is 4.74 Å². The van der Waals surface area contributed by atoms with Crippen LogP contribution in [0.15, 0.2) is 60.2 Å². The van der Waals surface area contributed by atoms with Gasteiger partial charge in [0.2, 0.25) is 0 Å². The van der Waals surface area contributed by atoms with Gasteiger partial charge in [-0.2, -0.15) is 0 Å². The molecule has 0 saturated carbocycles. The average molecular weight is 336 g/mol. The maximum atomic E-state index is 12.7. The van der Waals surface area contributed by atoms with Crippen molar-refractivity contribution in [3.63, 3.8) is 0 Å². The minimum absolute atomic E-state index is 0.0776. The van der Waals surface area contributed by atoms with Crippen molar-refractivity contribution in [3.05, 3.63) is 65.7 Å². The zero-order valence-electron chi connectivity index (χ0n) is 14.4. The summed E-state index contributed by atoms with van der Waals surface area (Å²) in [4.78, 5) is 24.9. The van der Waals surface area contributed by atoms with E-state index in [-0.39, 0.29) is 17.1 Å². The molecule has 1 aliphatic heterocycles. The molecule has 0 bridgehead atoms. The van der Waals surface area contributed by atoms with E-state index >= 15 is 0 Å². The molecule has 1 saturated heterocycles. The predicted molar refractivity (Wildman–Crippen MR) is 96.9 cm³/mol. The fraction of sp³-hybridized carbons (Fsp3) is 0.200. The van der Waals surface area contributed by atoms with Crippen LogP contribution in [0, 0.1) is 0 Å². The number of para-hydroxylation sites is 2. The molecule has 0 aromatic heterocycles. The van der Waals surface area contributed by atoms with Crippen LogP contribution in [-0.4, -0.2) is 17.4 Å². The second-order valence-electron chi connectivity index (χ2n) is 6.73. The Morgan fingerprint density at radius 3 is 2.28 bits per heavy atom. The molecule has 1 N–H and O–H groups in total. The molecule has 5 nitrogen and oxygen atoms in total. The first-order valence-corrected chi connectivity index (χ1v) is 8.05. The van der Waals surface area contributed by atoms with Crippen LogP contribution in [-0.2, 0) is 9.59 Å². The van der Waals surface area contributed by atoms with Gasteiger partial charge in [0.1, 0.15) is 16.9 Å². The van der Waals surface area contributed by atoms with Crippen molar-refractivity contribution in [3.8, 4) is 5.75 Å². The molecular formula is C20H20N2O3. The Balaban J connectivity index is 1.95. The zero-order chi connectivity index (χ0) is 18.0. The fourth-order valence-electron chi connectivity index (χ4n) is 2.49. The largest absolute Gasteiger partial charge is 0.488 e. The molecule has 25 heavy (non-hydrogen) atoms. The lowest BCUT2D eigenvalue weighted by Crippen LogP contribution is -2.35. The lowest BCUT2D eigenvalue weighted by Gasteiger charge is -2.22. The van der Waals surface area contributed by atoms with E-state index in [1.54, 1.807) is 18.2 Å². The highest BCUT2D eigenvalue weighted by Gasteiger charge is 2.34. The van der Waals surface area contributed by atoms with E-state index in [0.29, 0.717) is 17.0 Å². The molecule has 2 aromatic carbocycles. The number of anilines is 1. The number of benzene rings is 2. The van der Waals surface area contributed by atoms with Crippen LogP contribution in [0.25, 0.3) is 6.08 Å². The number of hydrazine groups is 1. The second-order valence-corrected chi connectivity index (χ2v) is 6.73. The zero-order valence-corrected chi connectivity index (χ0v) is 14.4. The first-order valence-electron chi connectivity index (χ1n) is 8.05. The van der Waals surface area contributed by atoms with E-state index in [4.69, 9.17) is 4.74 Å². The van der Waals surface area contributed by atoms with Gasteiger partial charge in [-0.25, -0.2) is 5.01 Å². The van der Waals surface area contributed by atoms with Gasteiger partial charge in [0.05, 0.1) is 5.69 Å². The molecule has 5 heteroatoms. The molecule has 2 amide bonds. The molecule has 1 heterocycles. The second kappa shape index (κ2) is 6.43. The van der Waals surface area contributed by atoms with E-state index in [9.17, 15) is 9.59 Å². The van der Waals surface area contributed by atoms with Crippen LogP contribution in [0.1, 0.15) is 26.3 Å². The summed E-state index contributed by atoms with van der Waals surface area (Å²) >= 11 is 0. The highest BCUT2D eigenvalue weighted by atomic mass is 16.5. The lowest BCUT2D eigenvalue weighted by molar-refractivity contribution is -0.117. The molecule has 0 aliphatic carbocycles. The van der Waals surface area contributed by atoms with E-state index in [2.05, 4.69) is 5.43 Å². The van der Waals surface area contributed by atoms with Gasteiger partial charge in [-0.3, -0.25) is 15.0 Å². The SMILES string of the molecule is CC(C)(C)Oc1ccccc1/C=C1/C(=O)NN(c2ccccc2)C1=O. The summed E-state index contributed by atoms with van der Waals surface area (Å²) in [7, 11) is 0. The highest BCUT2D eigenvalue weighted by Crippen LogP contribution is 2.27. The van der Waals surface area contributed by atoms with Crippen molar-refractivity contribution in [1.82, 2.24) is 5.43 Å². The van der Waals surface area contributed by atoms with Gasteiger partial charge in [0.15, 0.2) is 0 Å². The minimum Gasteiger partial charge on any atom is -0.488 e. The van der Waals surface area contributed by atoms with E-state index in [0.717, 1.165) is 0 Å². The summed E-state index contributed by atoms with van der Waals surface area (Å²) in [6.45, 7) is 5.84. The first kappa shape index (κ1) is 16.8. The summed E-state index contributed by atoms with van der Waals surface area (Å²) in [5.74, 6) is -0.192. The smallest absolute Gasteiger partial charge is 0.282 e. The van der Waals surface area contributed by atoms with Crippen LogP contribution in [0.5, 0.6) is 5.75 Å². The quantitative estimate of drug-likeness (QED) is 0.691. The lowest BCUT2D eigenvalue weighted by atomic mass is 10.1. The summed E-state index contributed by atoms with van der Waals surface area (Å²) in [5, 5.41) is 1.25. The topological polar surface area (TPSA) is 58.6 Å². The molecule has 2 aromatic rings. The maximum absolute atomic E-state index is 12.7. The first-order chi connectivity index (χ1) is 11.8. The number of amides is 2.